The number of hydrogen-bond acceptors (Lipinski definition) is 2. The molecule has 0 amide bonds. The van der Waals surface area contributed by atoms with Crippen molar-refractivity contribution in [2.45, 2.75) is 20.3 Å². The zero-order valence-corrected chi connectivity index (χ0v) is 8.97. The summed E-state index contributed by atoms with van der Waals surface area (Å²) in [4.78, 5) is 15.0. The summed E-state index contributed by atoms with van der Waals surface area (Å²) < 4.78 is 1.99. The lowest BCUT2D eigenvalue weighted by atomic mass is 10.1. The fourth-order valence-electron chi connectivity index (χ4n) is 1.65. The molecule has 2 aromatic heterocycles. The highest BCUT2D eigenvalue weighted by molar-refractivity contribution is 5.75. The molecule has 0 N–H and O–H groups in total. The summed E-state index contributed by atoms with van der Waals surface area (Å²) in [6.45, 7) is 4.31. The van der Waals surface area contributed by atoms with Crippen LogP contribution >= 0.6 is 0 Å². The summed E-state index contributed by atoms with van der Waals surface area (Å²) >= 11 is 0. The highest BCUT2D eigenvalue weighted by atomic mass is 16.1. The van der Waals surface area contributed by atoms with Gasteiger partial charge in [-0.15, -0.1) is 0 Å². The van der Waals surface area contributed by atoms with Gasteiger partial charge in [0, 0.05) is 18.2 Å². The maximum Gasteiger partial charge on any atom is 0.151 e. The van der Waals surface area contributed by atoms with Crippen LogP contribution in [0.5, 0.6) is 0 Å². The van der Waals surface area contributed by atoms with Crippen molar-refractivity contribution in [2.24, 2.45) is 5.92 Å². The van der Waals surface area contributed by atoms with Gasteiger partial charge in [0.1, 0.15) is 5.82 Å². The van der Waals surface area contributed by atoms with Gasteiger partial charge in [-0.2, -0.15) is 0 Å². The summed E-state index contributed by atoms with van der Waals surface area (Å²) in [5.41, 5.74) is 1.72. The van der Waals surface area contributed by atoms with E-state index in [0.29, 0.717) is 11.5 Å². The maximum absolute atomic E-state index is 10.7. The zero-order chi connectivity index (χ0) is 10.8. The molecule has 0 atom stereocenters. The third-order valence-corrected chi connectivity index (χ3v) is 2.35. The van der Waals surface area contributed by atoms with E-state index in [9.17, 15) is 4.79 Å². The highest BCUT2D eigenvalue weighted by Gasteiger charge is 2.05. The van der Waals surface area contributed by atoms with Gasteiger partial charge in [-0.05, 0) is 18.1 Å². The summed E-state index contributed by atoms with van der Waals surface area (Å²) in [5.74, 6) is 1.58. The van der Waals surface area contributed by atoms with E-state index in [1.165, 1.54) is 0 Å². The van der Waals surface area contributed by atoms with E-state index in [-0.39, 0.29) is 0 Å². The SMILES string of the molecule is CC(C)Cc1ncc2ccc(C=O)cn12. The van der Waals surface area contributed by atoms with Crippen molar-refractivity contribution in [3.05, 3.63) is 35.9 Å². The predicted molar refractivity (Wildman–Crippen MR) is 59.1 cm³/mol. The standard InChI is InChI=1S/C12H14N2O/c1-9(2)5-12-13-6-11-4-3-10(8-15)7-14(11)12/h3-4,6-9H,5H2,1-2H3. The third kappa shape index (κ3) is 1.91. The maximum atomic E-state index is 10.7. The molecule has 3 nitrogen and oxygen atoms in total. The fraction of sp³-hybridized carbons (Fsp3) is 0.333. The van der Waals surface area contributed by atoms with Crippen molar-refractivity contribution in [3.63, 3.8) is 0 Å². The number of hydrogen-bond donors (Lipinski definition) is 0. The molecule has 0 aromatic carbocycles. The summed E-state index contributed by atoms with van der Waals surface area (Å²) in [6, 6.07) is 3.73. The van der Waals surface area contributed by atoms with Gasteiger partial charge in [0.25, 0.3) is 0 Å². The molecule has 0 unspecified atom stereocenters. The average molecular weight is 202 g/mol. The number of aromatic nitrogens is 2. The lowest BCUT2D eigenvalue weighted by Gasteiger charge is -2.04. The Morgan fingerprint density at radius 2 is 2.27 bits per heavy atom. The number of pyridine rings is 1. The number of carbonyl (C=O) groups excluding carboxylic acids is 1. The minimum atomic E-state index is 0.565. The fourth-order valence-corrected chi connectivity index (χ4v) is 1.65. The Balaban J connectivity index is 2.51. The van der Waals surface area contributed by atoms with Crippen molar-refractivity contribution in [3.8, 4) is 0 Å². The molecule has 0 fully saturated rings. The zero-order valence-electron chi connectivity index (χ0n) is 8.97. The Kier molecular flexibility index (Phi) is 2.54. The Morgan fingerprint density at radius 3 is 2.93 bits per heavy atom. The molecule has 2 aromatic rings. The van der Waals surface area contributed by atoms with Crippen LogP contribution in [0, 0.1) is 5.92 Å². The minimum absolute atomic E-state index is 0.565. The molecule has 2 heterocycles. The molecule has 78 valence electrons. The van der Waals surface area contributed by atoms with E-state index in [0.717, 1.165) is 24.0 Å². The largest absolute Gasteiger partial charge is 0.303 e. The molecule has 2 rings (SSSR count). The number of imidazole rings is 1. The third-order valence-electron chi connectivity index (χ3n) is 2.35. The second-order valence-corrected chi connectivity index (χ2v) is 4.15. The molecule has 0 aliphatic rings. The van der Waals surface area contributed by atoms with Gasteiger partial charge in [-0.25, -0.2) is 4.98 Å². The Hall–Kier alpha value is -1.64. The van der Waals surface area contributed by atoms with Crippen LogP contribution in [-0.4, -0.2) is 15.7 Å². The number of aldehydes is 1. The molecule has 0 aliphatic carbocycles. The second-order valence-electron chi connectivity index (χ2n) is 4.15. The molecule has 15 heavy (non-hydrogen) atoms. The summed E-state index contributed by atoms with van der Waals surface area (Å²) in [7, 11) is 0. The van der Waals surface area contributed by atoms with Gasteiger partial charge in [0.05, 0.1) is 11.7 Å². The van der Waals surface area contributed by atoms with E-state index in [2.05, 4.69) is 18.8 Å². The van der Waals surface area contributed by atoms with E-state index in [1.54, 1.807) is 0 Å². The van der Waals surface area contributed by atoms with E-state index in [4.69, 9.17) is 0 Å². The van der Waals surface area contributed by atoms with Crippen LogP contribution in [0.3, 0.4) is 0 Å². The van der Waals surface area contributed by atoms with Crippen molar-refractivity contribution >= 4 is 11.8 Å². The van der Waals surface area contributed by atoms with Crippen LogP contribution in [0.1, 0.15) is 30.0 Å². The van der Waals surface area contributed by atoms with Gasteiger partial charge < -0.3 is 4.40 Å². The smallest absolute Gasteiger partial charge is 0.151 e. The lowest BCUT2D eigenvalue weighted by molar-refractivity contribution is 0.112. The predicted octanol–water partition coefficient (Wildman–Crippen LogP) is 2.35. The Labute approximate surface area is 88.8 Å². The van der Waals surface area contributed by atoms with Crippen LogP contribution in [0.25, 0.3) is 5.52 Å². The first-order chi connectivity index (χ1) is 7.20. The van der Waals surface area contributed by atoms with Gasteiger partial charge in [0.15, 0.2) is 6.29 Å². The van der Waals surface area contributed by atoms with Gasteiger partial charge in [0.2, 0.25) is 0 Å². The Morgan fingerprint density at radius 1 is 1.47 bits per heavy atom. The molecular weight excluding hydrogens is 188 g/mol. The molecule has 0 saturated heterocycles. The van der Waals surface area contributed by atoms with Crippen molar-refractivity contribution in [1.82, 2.24) is 9.38 Å². The first-order valence-corrected chi connectivity index (χ1v) is 5.12. The molecule has 0 bridgehead atoms. The summed E-state index contributed by atoms with van der Waals surface area (Å²) in [6.07, 6.45) is 5.47. The molecular formula is C12H14N2O. The van der Waals surface area contributed by atoms with Crippen molar-refractivity contribution in [2.75, 3.05) is 0 Å². The second kappa shape index (κ2) is 3.85. The first-order valence-electron chi connectivity index (χ1n) is 5.12. The monoisotopic (exact) mass is 202 g/mol. The summed E-state index contributed by atoms with van der Waals surface area (Å²) in [5, 5.41) is 0. The quantitative estimate of drug-likeness (QED) is 0.716. The molecule has 3 heteroatoms. The molecule has 0 spiro atoms. The molecule has 0 saturated carbocycles. The topological polar surface area (TPSA) is 34.4 Å². The van der Waals surface area contributed by atoms with E-state index >= 15 is 0 Å². The average Bonchev–Trinajstić information content (AvgIpc) is 2.60. The van der Waals surface area contributed by atoms with E-state index < -0.39 is 0 Å². The van der Waals surface area contributed by atoms with Crippen molar-refractivity contribution < 1.29 is 4.79 Å². The normalized spacial score (nSPS) is 11.1. The van der Waals surface area contributed by atoms with E-state index in [1.807, 2.05) is 28.9 Å². The molecule has 0 radical (unpaired) electrons. The first kappa shape index (κ1) is 9.90. The van der Waals surface area contributed by atoms with Crippen LogP contribution < -0.4 is 0 Å². The van der Waals surface area contributed by atoms with Crippen LogP contribution in [0.2, 0.25) is 0 Å². The van der Waals surface area contributed by atoms with Crippen LogP contribution in [0.15, 0.2) is 24.5 Å². The van der Waals surface area contributed by atoms with Crippen LogP contribution in [-0.2, 0) is 6.42 Å². The minimum Gasteiger partial charge on any atom is -0.303 e. The van der Waals surface area contributed by atoms with Gasteiger partial charge >= 0.3 is 0 Å². The molecule has 0 aliphatic heterocycles. The highest BCUT2D eigenvalue weighted by Crippen LogP contribution is 2.11. The number of rotatable bonds is 3. The number of nitrogens with zero attached hydrogens (tertiary/aromatic N) is 2. The van der Waals surface area contributed by atoms with Crippen molar-refractivity contribution in [1.29, 1.82) is 0 Å². The number of fused-ring (bicyclic) bond motifs is 1. The lowest BCUT2D eigenvalue weighted by Crippen LogP contribution is -2.01. The number of carbonyl (C=O) groups is 1. The Bertz CT molecular complexity index is 485. The van der Waals surface area contributed by atoms with Gasteiger partial charge in [-0.3, -0.25) is 4.79 Å². The van der Waals surface area contributed by atoms with Gasteiger partial charge in [-0.1, -0.05) is 13.8 Å². The van der Waals surface area contributed by atoms with Crippen LogP contribution in [0.4, 0.5) is 0 Å².